The van der Waals surface area contributed by atoms with Crippen LogP contribution in [0.2, 0.25) is 0 Å². The minimum atomic E-state index is -0.352. The first-order chi connectivity index (χ1) is 18.1. The fourth-order valence-electron chi connectivity index (χ4n) is 3.98. The quantitative estimate of drug-likeness (QED) is 0.211. The predicted molar refractivity (Wildman–Crippen MR) is 145 cm³/mol. The zero-order valence-electron chi connectivity index (χ0n) is 20.2. The van der Waals surface area contributed by atoms with E-state index in [9.17, 15) is 9.59 Å². The fourth-order valence-corrected chi connectivity index (χ4v) is 4.98. The summed E-state index contributed by atoms with van der Waals surface area (Å²) in [6, 6.07) is 30.7. The Morgan fingerprint density at radius 1 is 0.838 bits per heavy atom. The van der Waals surface area contributed by atoms with Crippen molar-refractivity contribution in [3.05, 3.63) is 125 Å². The lowest BCUT2D eigenvalue weighted by Gasteiger charge is -2.10. The normalized spacial score (nSPS) is 12.0. The molecule has 4 aromatic carbocycles. The van der Waals surface area contributed by atoms with Gasteiger partial charge in [-0.15, -0.1) is 0 Å². The molecular weight excluding hydrogens is 482 g/mol. The van der Waals surface area contributed by atoms with Crippen molar-refractivity contribution in [1.82, 2.24) is 10.9 Å². The van der Waals surface area contributed by atoms with Gasteiger partial charge in [-0.05, 0) is 48.9 Å². The molecule has 0 fully saturated rings. The average Bonchev–Trinajstić information content (AvgIpc) is 3.10. The highest BCUT2D eigenvalue weighted by Gasteiger charge is 2.20. The molecule has 184 valence electrons. The second-order valence-electron chi connectivity index (χ2n) is 8.33. The van der Waals surface area contributed by atoms with Crippen LogP contribution in [0, 0.1) is 0 Å². The first-order valence-electron chi connectivity index (χ1n) is 12.0. The minimum absolute atomic E-state index is 0.235. The molecule has 0 aliphatic carbocycles. The number of ether oxygens (including phenoxy) is 1. The first-order valence-corrected chi connectivity index (χ1v) is 12.8. The molecule has 0 unspecified atom stereocenters. The second-order valence-corrected chi connectivity index (χ2v) is 9.42. The van der Waals surface area contributed by atoms with Gasteiger partial charge >= 0.3 is 5.97 Å². The van der Waals surface area contributed by atoms with E-state index in [0.717, 1.165) is 32.2 Å². The smallest absolute Gasteiger partial charge is 0.338 e. The number of hydrogen-bond donors (Lipinski definition) is 2. The summed E-state index contributed by atoms with van der Waals surface area (Å²) in [5.41, 5.74) is 11.2. The van der Waals surface area contributed by atoms with E-state index in [1.54, 1.807) is 36.9 Å². The molecule has 1 aliphatic rings. The van der Waals surface area contributed by atoms with Crippen LogP contribution in [0.25, 0.3) is 0 Å². The van der Waals surface area contributed by atoms with Crippen LogP contribution < -0.4 is 10.9 Å². The van der Waals surface area contributed by atoms with Crippen LogP contribution in [-0.4, -0.2) is 24.2 Å². The Hall–Kier alpha value is -4.20. The monoisotopic (exact) mass is 507 g/mol. The number of rotatable bonds is 7. The molecule has 1 amide bonds. The standard InChI is InChI=1S/C30H25N3O3S/c1-2-36-30(35)22-14-12-21(13-15-22)28-24-10-6-7-11-26(24)37-27-17-16-23(18-25(27)32-28)29(34)33-31-19-20-8-4-3-5-9-20/h3-18,31H,2,19H2,1H3,(H,33,34). The Labute approximate surface area is 219 Å². The number of amides is 1. The van der Waals surface area contributed by atoms with E-state index in [1.165, 1.54) is 0 Å². The molecule has 7 heteroatoms. The van der Waals surface area contributed by atoms with Crippen molar-refractivity contribution in [3.63, 3.8) is 0 Å². The summed E-state index contributed by atoms with van der Waals surface area (Å²) in [6.45, 7) is 2.63. The Bertz CT molecular complexity index is 1470. The highest BCUT2D eigenvalue weighted by Crippen LogP contribution is 2.41. The molecule has 0 saturated carbocycles. The summed E-state index contributed by atoms with van der Waals surface area (Å²) in [4.78, 5) is 32.0. The third kappa shape index (κ3) is 5.63. The van der Waals surface area contributed by atoms with Crippen molar-refractivity contribution in [2.24, 2.45) is 4.99 Å². The lowest BCUT2D eigenvalue weighted by Crippen LogP contribution is -2.36. The number of nitrogens with one attached hydrogen (secondary N) is 2. The predicted octanol–water partition coefficient (Wildman–Crippen LogP) is 5.93. The van der Waals surface area contributed by atoms with Crippen LogP contribution >= 0.6 is 11.8 Å². The van der Waals surface area contributed by atoms with Crippen LogP contribution in [0.15, 0.2) is 112 Å². The van der Waals surface area contributed by atoms with E-state index >= 15 is 0 Å². The molecule has 0 atom stereocenters. The number of carbonyl (C=O) groups is 2. The summed E-state index contributed by atoms with van der Waals surface area (Å²) in [5.74, 6) is -0.587. The number of esters is 1. The maximum absolute atomic E-state index is 12.9. The molecule has 2 N–H and O–H groups in total. The lowest BCUT2D eigenvalue weighted by atomic mass is 10.0. The van der Waals surface area contributed by atoms with Crippen LogP contribution in [0.1, 0.15) is 44.3 Å². The number of benzene rings is 4. The van der Waals surface area contributed by atoms with Gasteiger partial charge in [0.2, 0.25) is 0 Å². The van der Waals surface area contributed by atoms with Gasteiger partial charge in [0.15, 0.2) is 0 Å². The van der Waals surface area contributed by atoms with Crippen LogP contribution in [0.5, 0.6) is 0 Å². The van der Waals surface area contributed by atoms with Crippen molar-refractivity contribution in [2.75, 3.05) is 6.61 Å². The van der Waals surface area contributed by atoms with Gasteiger partial charge in [0, 0.05) is 33.0 Å². The number of hydrazine groups is 1. The van der Waals surface area contributed by atoms with Crippen LogP contribution in [-0.2, 0) is 11.3 Å². The maximum atomic E-state index is 12.9. The Balaban J connectivity index is 1.44. The number of nitrogens with zero attached hydrogens (tertiary/aromatic N) is 1. The summed E-state index contributed by atoms with van der Waals surface area (Å²) in [7, 11) is 0. The van der Waals surface area contributed by atoms with Gasteiger partial charge in [-0.25, -0.2) is 15.2 Å². The van der Waals surface area contributed by atoms with E-state index in [2.05, 4.69) is 16.9 Å². The topological polar surface area (TPSA) is 79.8 Å². The highest BCUT2D eigenvalue weighted by molar-refractivity contribution is 7.99. The lowest BCUT2D eigenvalue weighted by molar-refractivity contribution is 0.0526. The molecule has 0 saturated heterocycles. The molecule has 0 bridgehead atoms. The van der Waals surface area contributed by atoms with Gasteiger partial charge in [0.05, 0.1) is 23.6 Å². The number of carbonyl (C=O) groups excluding carboxylic acids is 2. The SMILES string of the molecule is CCOC(=O)c1ccc(C2=Nc3cc(C(=O)NNCc4ccccc4)ccc3Sc3ccccc32)cc1. The van der Waals surface area contributed by atoms with E-state index in [-0.39, 0.29) is 11.9 Å². The maximum Gasteiger partial charge on any atom is 0.338 e. The second kappa shape index (κ2) is 11.2. The zero-order chi connectivity index (χ0) is 25.6. The molecule has 0 spiro atoms. The number of aliphatic imine (C=N–C) groups is 1. The van der Waals surface area contributed by atoms with Crippen molar-refractivity contribution in [1.29, 1.82) is 0 Å². The number of fused-ring (bicyclic) bond motifs is 2. The summed E-state index contributed by atoms with van der Waals surface area (Å²) in [5, 5.41) is 0. The molecule has 0 radical (unpaired) electrons. The van der Waals surface area contributed by atoms with Crippen LogP contribution in [0.3, 0.4) is 0 Å². The molecule has 4 aromatic rings. The molecule has 37 heavy (non-hydrogen) atoms. The summed E-state index contributed by atoms with van der Waals surface area (Å²) >= 11 is 1.62. The van der Waals surface area contributed by atoms with Gasteiger partial charge in [-0.1, -0.05) is 72.4 Å². The largest absolute Gasteiger partial charge is 0.462 e. The molecule has 1 aliphatic heterocycles. The van der Waals surface area contributed by atoms with Crippen molar-refractivity contribution in [3.8, 4) is 0 Å². The Kier molecular flexibility index (Phi) is 7.44. The van der Waals surface area contributed by atoms with Gasteiger partial charge in [-0.3, -0.25) is 10.2 Å². The van der Waals surface area contributed by atoms with Gasteiger partial charge in [0.25, 0.3) is 5.91 Å². The van der Waals surface area contributed by atoms with Crippen molar-refractivity contribution in [2.45, 2.75) is 23.3 Å². The van der Waals surface area contributed by atoms with Gasteiger partial charge in [-0.2, -0.15) is 0 Å². The highest BCUT2D eigenvalue weighted by atomic mass is 32.2. The van der Waals surface area contributed by atoms with Crippen molar-refractivity contribution >= 4 is 35.0 Å². The molecule has 6 nitrogen and oxygen atoms in total. The van der Waals surface area contributed by atoms with E-state index in [4.69, 9.17) is 9.73 Å². The molecule has 1 heterocycles. The molecular formula is C30H25N3O3S. The summed E-state index contributed by atoms with van der Waals surface area (Å²) in [6.07, 6.45) is 0. The van der Waals surface area contributed by atoms with E-state index < -0.39 is 0 Å². The Morgan fingerprint density at radius 2 is 1.57 bits per heavy atom. The van der Waals surface area contributed by atoms with E-state index in [0.29, 0.717) is 30.0 Å². The summed E-state index contributed by atoms with van der Waals surface area (Å²) < 4.78 is 5.11. The van der Waals surface area contributed by atoms with Crippen LogP contribution in [0.4, 0.5) is 5.69 Å². The first kappa shape index (κ1) is 24.5. The third-order valence-corrected chi connectivity index (χ3v) is 6.96. The van der Waals surface area contributed by atoms with Gasteiger partial charge < -0.3 is 4.74 Å². The fraction of sp³-hybridized carbons (Fsp3) is 0.100. The molecule has 0 aromatic heterocycles. The van der Waals surface area contributed by atoms with E-state index in [1.807, 2.05) is 72.8 Å². The van der Waals surface area contributed by atoms with Gasteiger partial charge in [0.1, 0.15) is 0 Å². The average molecular weight is 508 g/mol. The minimum Gasteiger partial charge on any atom is -0.462 e. The van der Waals surface area contributed by atoms with Crippen molar-refractivity contribution < 1.29 is 14.3 Å². The Morgan fingerprint density at radius 3 is 2.35 bits per heavy atom. The zero-order valence-corrected chi connectivity index (χ0v) is 21.0. The third-order valence-electron chi connectivity index (χ3n) is 5.82. The number of hydrogen-bond acceptors (Lipinski definition) is 6. The molecule has 5 rings (SSSR count).